The summed E-state index contributed by atoms with van der Waals surface area (Å²) in [5.41, 5.74) is -0.115. The van der Waals surface area contributed by atoms with E-state index in [0.29, 0.717) is 18.5 Å². The first-order chi connectivity index (χ1) is 16.6. The molecule has 1 aromatic heterocycles. The van der Waals surface area contributed by atoms with Crippen LogP contribution in [0.5, 0.6) is 0 Å². The Balaban J connectivity index is 2.13. The number of halogens is 3. The highest BCUT2D eigenvalue weighted by molar-refractivity contribution is 7.15. The van der Waals surface area contributed by atoms with Crippen molar-refractivity contribution >= 4 is 34.4 Å². The third-order valence-corrected chi connectivity index (χ3v) is 6.09. The normalized spacial score (nSPS) is 17.7. The minimum absolute atomic E-state index is 0.0613. The fraction of sp³-hybridized carbons (Fsp3) is 0.609. The average molecular weight is 532 g/mol. The van der Waals surface area contributed by atoms with Crippen LogP contribution in [0.3, 0.4) is 0 Å². The van der Waals surface area contributed by atoms with E-state index in [1.165, 1.54) is 11.0 Å². The molecule has 13 heteroatoms. The molecule has 36 heavy (non-hydrogen) atoms. The lowest BCUT2D eigenvalue weighted by Gasteiger charge is -2.36. The largest absolute Gasteiger partial charge is 0.445 e. The van der Waals surface area contributed by atoms with E-state index in [-0.39, 0.29) is 22.4 Å². The molecule has 0 bridgehead atoms. The fourth-order valence-corrected chi connectivity index (χ4v) is 3.95. The zero-order chi connectivity index (χ0) is 27.3. The third-order valence-electron chi connectivity index (χ3n) is 5.21. The lowest BCUT2D eigenvalue weighted by molar-refractivity contribution is -0.138. The first kappa shape index (κ1) is 29.3. The maximum absolute atomic E-state index is 13.2. The van der Waals surface area contributed by atoms with Crippen LogP contribution in [0.2, 0.25) is 0 Å². The van der Waals surface area contributed by atoms with Crippen molar-refractivity contribution in [1.29, 1.82) is 0 Å². The number of rotatable bonds is 7. The van der Waals surface area contributed by atoms with E-state index in [4.69, 9.17) is 4.74 Å². The zero-order valence-electron chi connectivity index (χ0n) is 20.9. The van der Waals surface area contributed by atoms with Crippen LogP contribution in [0.25, 0.3) is 0 Å². The molecule has 3 amide bonds. The number of nitrogens with zero attached hydrogens (tertiary/aromatic N) is 3. The predicted molar refractivity (Wildman–Crippen MR) is 129 cm³/mol. The van der Waals surface area contributed by atoms with Crippen molar-refractivity contribution in [2.24, 2.45) is 5.92 Å². The number of ether oxygens (including phenoxy) is 1. The fourth-order valence-electron chi connectivity index (χ4n) is 3.34. The molecule has 2 N–H and O–H groups in total. The molecule has 0 aliphatic carbocycles. The predicted octanol–water partition coefficient (Wildman–Crippen LogP) is 4.54. The zero-order valence-corrected chi connectivity index (χ0v) is 21.8. The Kier molecular flexibility index (Phi) is 9.64. The number of hydrogen-bond acceptors (Lipinski definition) is 7. The first-order valence-corrected chi connectivity index (χ1v) is 12.3. The minimum atomic E-state index is -4.66. The third kappa shape index (κ3) is 8.61. The molecular weight excluding hydrogens is 499 g/mol. The molecule has 2 rings (SSSR count). The topological polar surface area (TPSA) is 114 Å². The van der Waals surface area contributed by atoms with Crippen LogP contribution in [-0.2, 0) is 20.5 Å². The van der Waals surface area contributed by atoms with Crippen molar-refractivity contribution in [3.8, 4) is 0 Å². The van der Waals surface area contributed by atoms with Gasteiger partial charge in [0.05, 0.1) is 6.04 Å². The summed E-state index contributed by atoms with van der Waals surface area (Å²) in [6, 6.07) is -1.51. The number of carbonyl (C=O) groups is 3. The van der Waals surface area contributed by atoms with Gasteiger partial charge in [0.2, 0.25) is 22.0 Å². The Morgan fingerprint density at radius 1 is 1.19 bits per heavy atom. The standard InChI is InChI=1S/C23H32F3N5O4S/c1-13(2)14(3)15(10-11-17(32)28-20-30-29-19(36-20)23(24,25)26)27-18(33)16-9-7-8-12-31(16)21(34)35-22(4,5)6/h10-11,13,15-16H,3,7-9,12H2,1-2,4-6H3,(H,27,33)(H,28,30,32). The van der Waals surface area contributed by atoms with Gasteiger partial charge in [-0.2, -0.15) is 13.2 Å². The molecule has 0 radical (unpaired) electrons. The van der Waals surface area contributed by atoms with E-state index in [1.807, 2.05) is 13.8 Å². The molecule has 1 aromatic rings. The number of piperidine rings is 1. The summed E-state index contributed by atoms with van der Waals surface area (Å²) in [6.45, 7) is 13.3. The monoisotopic (exact) mass is 531 g/mol. The molecule has 0 saturated carbocycles. The highest BCUT2D eigenvalue weighted by atomic mass is 32.1. The Hall–Kier alpha value is -2.96. The number of amides is 3. The van der Waals surface area contributed by atoms with E-state index in [9.17, 15) is 27.6 Å². The van der Waals surface area contributed by atoms with Gasteiger partial charge in [-0.05, 0) is 51.5 Å². The Morgan fingerprint density at radius 3 is 2.42 bits per heavy atom. The number of anilines is 1. The van der Waals surface area contributed by atoms with Gasteiger partial charge in [-0.15, -0.1) is 10.2 Å². The highest BCUT2D eigenvalue weighted by Gasteiger charge is 2.37. The second kappa shape index (κ2) is 11.8. The van der Waals surface area contributed by atoms with E-state index < -0.39 is 46.8 Å². The smallest absolute Gasteiger partial charge is 0.444 e. The van der Waals surface area contributed by atoms with Crippen molar-refractivity contribution in [2.75, 3.05) is 11.9 Å². The van der Waals surface area contributed by atoms with Gasteiger partial charge in [0.15, 0.2) is 0 Å². The molecule has 0 aromatic carbocycles. The van der Waals surface area contributed by atoms with Gasteiger partial charge in [-0.3, -0.25) is 19.8 Å². The van der Waals surface area contributed by atoms with Crippen molar-refractivity contribution in [3.05, 3.63) is 29.3 Å². The van der Waals surface area contributed by atoms with Gasteiger partial charge in [0.25, 0.3) is 0 Å². The molecule has 1 saturated heterocycles. The van der Waals surface area contributed by atoms with Crippen molar-refractivity contribution < 1.29 is 32.3 Å². The number of alkyl halides is 3. The van der Waals surface area contributed by atoms with E-state index >= 15 is 0 Å². The molecule has 1 aliphatic rings. The van der Waals surface area contributed by atoms with Gasteiger partial charge in [-0.1, -0.05) is 37.8 Å². The second-order valence-corrected chi connectivity index (χ2v) is 10.6. The van der Waals surface area contributed by atoms with Crippen LogP contribution in [0.15, 0.2) is 24.3 Å². The number of aromatic nitrogens is 2. The van der Waals surface area contributed by atoms with Gasteiger partial charge in [0, 0.05) is 12.6 Å². The molecule has 1 fully saturated rings. The van der Waals surface area contributed by atoms with Gasteiger partial charge in [-0.25, -0.2) is 4.79 Å². The lowest BCUT2D eigenvalue weighted by Crippen LogP contribution is -2.54. The number of likely N-dealkylation sites (tertiary alicyclic amines) is 1. The number of hydrogen-bond donors (Lipinski definition) is 2. The molecule has 2 unspecified atom stereocenters. The molecule has 1 aliphatic heterocycles. The van der Waals surface area contributed by atoms with Crippen molar-refractivity contribution in [3.63, 3.8) is 0 Å². The highest BCUT2D eigenvalue weighted by Crippen LogP contribution is 2.33. The number of carbonyl (C=O) groups excluding carboxylic acids is 3. The maximum atomic E-state index is 13.2. The van der Waals surface area contributed by atoms with Crippen LogP contribution in [0, 0.1) is 5.92 Å². The molecule has 2 atom stereocenters. The molecule has 9 nitrogen and oxygen atoms in total. The SMILES string of the molecule is C=C(C(C)C)C(C=CC(=O)Nc1nnc(C(F)(F)F)s1)NC(=O)C1CCCCN1C(=O)OC(C)(C)C. The first-order valence-electron chi connectivity index (χ1n) is 11.5. The van der Waals surface area contributed by atoms with Crippen LogP contribution in [-0.4, -0.2) is 57.2 Å². The summed E-state index contributed by atoms with van der Waals surface area (Å²) < 4.78 is 43.5. The minimum Gasteiger partial charge on any atom is -0.444 e. The number of nitrogens with one attached hydrogen (secondary N) is 2. The molecular formula is C23H32F3N5O4S. The van der Waals surface area contributed by atoms with Gasteiger partial charge in [0.1, 0.15) is 11.6 Å². The molecule has 0 spiro atoms. The maximum Gasteiger partial charge on any atom is 0.445 e. The Morgan fingerprint density at radius 2 is 1.86 bits per heavy atom. The molecule has 2 heterocycles. The van der Waals surface area contributed by atoms with Gasteiger partial charge >= 0.3 is 12.3 Å². The van der Waals surface area contributed by atoms with Gasteiger partial charge < -0.3 is 10.1 Å². The lowest BCUT2D eigenvalue weighted by atomic mass is 9.95. The van der Waals surface area contributed by atoms with Crippen LogP contribution >= 0.6 is 11.3 Å². The average Bonchev–Trinajstić information content (AvgIpc) is 3.23. The summed E-state index contributed by atoms with van der Waals surface area (Å²) in [6.07, 6.45) is -0.810. The summed E-state index contributed by atoms with van der Waals surface area (Å²) in [5.74, 6) is -1.23. The van der Waals surface area contributed by atoms with Crippen LogP contribution in [0.1, 0.15) is 58.9 Å². The van der Waals surface area contributed by atoms with E-state index in [0.717, 1.165) is 18.9 Å². The van der Waals surface area contributed by atoms with Crippen molar-refractivity contribution in [2.45, 2.75) is 77.7 Å². The van der Waals surface area contributed by atoms with Crippen LogP contribution < -0.4 is 10.6 Å². The summed E-state index contributed by atoms with van der Waals surface area (Å²) in [7, 11) is 0. The van der Waals surface area contributed by atoms with E-state index in [1.54, 1.807) is 20.8 Å². The van der Waals surface area contributed by atoms with E-state index in [2.05, 4.69) is 27.4 Å². The van der Waals surface area contributed by atoms with Crippen molar-refractivity contribution in [1.82, 2.24) is 20.4 Å². The second-order valence-electron chi connectivity index (χ2n) is 9.66. The summed E-state index contributed by atoms with van der Waals surface area (Å²) >= 11 is 0.200. The Labute approximate surface area is 212 Å². The Bertz CT molecular complexity index is 1000. The molecule has 200 valence electrons. The van der Waals surface area contributed by atoms with Crippen LogP contribution in [0.4, 0.5) is 23.1 Å². The summed E-state index contributed by atoms with van der Waals surface area (Å²) in [4.78, 5) is 39.5. The quantitative estimate of drug-likeness (QED) is 0.395. The summed E-state index contributed by atoms with van der Waals surface area (Å²) in [5, 5.41) is 9.90.